The van der Waals surface area contributed by atoms with Crippen LogP contribution in [0.4, 0.5) is 0 Å². The molecule has 3 aliphatic carbocycles. The lowest BCUT2D eigenvalue weighted by Crippen LogP contribution is -2.37. The van der Waals surface area contributed by atoms with Gasteiger partial charge in [0.15, 0.2) is 0 Å². The van der Waals surface area contributed by atoms with E-state index in [2.05, 4.69) is 5.16 Å². The van der Waals surface area contributed by atoms with Crippen LogP contribution in [0, 0.1) is 23.7 Å². The zero-order chi connectivity index (χ0) is 17.1. The van der Waals surface area contributed by atoms with Crippen LogP contribution in [0.15, 0.2) is 5.16 Å². The molecule has 0 aromatic carbocycles. The Morgan fingerprint density at radius 3 is 2.79 bits per heavy atom. The van der Waals surface area contributed by atoms with Gasteiger partial charge in [-0.25, -0.2) is 0 Å². The fraction of sp³-hybridized carbons (Fsp3) is 0.889. The predicted octanol–water partition coefficient (Wildman–Crippen LogP) is 2.18. The SMILES string of the molecule is O=C(O)CCON=C1CC2C1CC(O)C2CCC(O)C1CCCC1. The standard InChI is InChI=1S/C18H29NO5/c20-16(11-3-1-2-4-11)6-5-12-13-9-15(14(13)10-17(12)21)19-24-8-7-18(22)23/h11-14,16-17,20-21H,1-10H2,(H,22,23). The normalized spacial score (nSPS) is 35.7. The fourth-order valence-corrected chi connectivity index (χ4v) is 4.82. The van der Waals surface area contributed by atoms with Gasteiger partial charge in [-0.05, 0) is 56.3 Å². The summed E-state index contributed by atoms with van der Waals surface area (Å²) in [4.78, 5) is 15.5. The quantitative estimate of drug-likeness (QED) is 0.465. The molecule has 24 heavy (non-hydrogen) atoms. The Hall–Kier alpha value is -1.14. The molecule has 3 fully saturated rings. The zero-order valence-corrected chi connectivity index (χ0v) is 14.1. The zero-order valence-electron chi connectivity index (χ0n) is 14.1. The van der Waals surface area contributed by atoms with E-state index in [9.17, 15) is 15.0 Å². The summed E-state index contributed by atoms with van der Waals surface area (Å²) in [6, 6.07) is 0. The Labute approximate surface area is 142 Å². The Morgan fingerprint density at radius 2 is 2.08 bits per heavy atom. The van der Waals surface area contributed by atoms with E-state index in [0.717, 1.165) is 44.2 Å². The molecule has 3 saturated carbocycles. The number of carboxylic acids is 1. The van der Waals surface area contributed by atoms with Crippen LogP contribution in [-0.2, 0) is 9.63 Å². The summed E-state index contributed by atoms with van der Waals surface area (Å²) in [5.41, 5.74) is 0.961. The van der Waals surface area contributed by atoms with Gasteiger partial charge in [-0.3, -0.25) is 4.79 Å². The smallest absolute Gasteiger partial charge is 0.306 e. The third-order valence-electron chi connectivity index (χ3n) is 6.26. The van der Waals surface area contributed by atoms with E-state index in [1.54, 1.807) is 0 Å². The summed E-state index contributed by atoms with van der Waals surface area (Å²) in [5, 5.41) is 33.3. The van der Waals surface area contributed by atoms with Crippen molar-refractivity contribution in [3.05, 3.63) is 0 Å². The Bertz CT molecular complexity index is 474. The van der Waals surface area contributed by atoms with Gasteiger partial charge in [-0.15, -0.1) is 0 Å². The third-order valence-corrected chi connectivity index (χ3v) is 6.26. The predicted molar refractivity (Wildman–Crippen MR) is 88.5 cm³/mol. The minimum Gasteiger partial charge on any atom is -0.481 e. The molecule has 136 valence electrons. The van der Waals surface area contributed by atoms with Crippen molar-refractivity contribution in [2.75, 3.05) is 6.61 Å². The first-order chi connectivity index (χ1) is 11.6. The number of aliphatic hydroxyl groups is 2. The van der Waals surface area contributed by atoms with Gasteiger partial charge in [0.25, 0.3) is 0 Å². The summed E-state index contributed by atoms with van der Waals surface area (Å²) >= 11 is 0. The molecule has 0 aromatic heterocycles. The average molecular weight is 339 g/mol. The number of oxime groups is 1. The lowest BCUT2D eigenvalue weighted by Gasteiger charge is -2.35. The molecule has 0 bridgehead atoms. The van der Waals surface area contributed by atoms with Gasteiger partial charge in [-0.1, -0.05) is 18.0 Å². The molecule has 5 atom stereocenters. The maximum absolute atomic E-state index is 10.4. The monoisotopic (exact) mass is 339 g/mol. The van der Waals surface area contributed by atoms with Gasteiger partial charge in [0.2, 0.25) is 0 Å². The number of hydrogen-bond acceptors (Lipinski definition) is 5. The van der Waals surface area contributed by atoms with E-state index in [-0.39, 0.29) is 37.1 Å². The molecule has 0 heterocycles. The third kappa shape index (κ3) is 3.91. The molecule has 3 aliphatic rings. The largest absolute Gasteiger partial charge is 0.481 e. The molecule has 0 spiro atoms. The van der Waals surface area contributed by atoms with Gasteiger partial charge in [-0.2, -0.15) is 0 Å². The van der Waals surface area contributed by atoms with E-state index in [0.29, 0.717) is 11.8 Å². The second kappa shape index (κ2) is 7.83. The van der Waals surface area contributed by atoms with E-state index in [4.69, 9.17) is 9.94 Å². The molecule has 6 heteroatoms. The minimum atomic E-state index is -0.890. The number of carboxylic acid groups (broad SMARTS) is 1. The molecule has 0 aliphatic heterocycles. The number of fused-ring (bicyclic) bond motifs is 1. The molecular formula is C18H29NO5. The molecule has 0 radical (unpaired) electrons. The minimum absolute atomic E-state index is 0.0464. The van der Waals surface area contributed by atoms with Crippen LogP contribution in [0.3, 0.4) is 0 Å². The van der Waals surface area contributed by atoms with Crippen LogP contribution < -0.4 is 0 Å². The van der Waals surface area contributed by atoms with E-state index < -0.39 is 5.97 Å². The lowest BCUT2D eigenvalue weighted by molar-refractivity contribution is -0.138. The highest BCUT2D eigenvalue weighted by atomic mass is 16.6. The Kier molecular flexibility index (Phi) is 5.76. The molecule has 0 amide bonds. The van der Waals surface area contributed by atoms with Crippen molar-refractivity contribution in [2.24, 2.45) is 28.8 Å². The number of nitrogens with zero attached hydrogens (tertiary/aromatic N) is 1. The summed E-state index contributed by atoms with van der Waals surface area (Å²) in [6.07, 6.45) is 7.40. The summed E-state index contributed by atoms with van der Waals surface area (Å²) in [5.74, 6) is 0.541. The van der Waals surface area contributed by atoms with Crippen LogP contribution in [0.5, 0.6) is 0 Å². The van der Waals surface area contributed by atoms with Gasteiger partial charge in [0.05, 0.1) is 24.3 Å². The number of hydrogen-bond donors (Lipinski definition) is 3. The number of aliphatic carboxylic acids is 1. The van der Waals surface area contributed by atoms with Crippen molar-refractivity contribution in [1.82, 2.24) is 0 Å². The van der Waals surface area contributed by atoms with Gasteiger partial charge < -0.3 is 20.2 Å². The summed E-state index contributed by atoms with van der Waals surface area (Å²) < 4.78 is 0. The van der Waals surface area contributed by atoms with Crippen LogP contribution in [0.2, 0.25) is 0 Å². The molecule has 6 nitrogen and oxygen atoms in total. The topological polar surface area (TPSA) is 99.4 Å². The van der Waals surface area contributed by atoms with Crippen LogP contribution in [-0.4, -0.2) is 45.8 Å². The van der Waals surface area contributed by atoms with Gasteiger partial charge >= 0.3 is 5.97 Å². The van der Waals surface area contributed by atoms with E-state index in [1.165, 1.54) is 12.8 Å². The van der Waals surface area contributed by atoms with Crippen LogP contribution in [0.25, 0.3) is 0 Å². The van der Waals surface area contributed by atoms with Crippen LogP contribution >= 0.6 is 0 Å². The highest BCUT2D eigenvalue weighted by Crippen LogP contribution is 2.50. The summed E-state index contributed by atoms with van der Waals surface area (Å²) in [6.45, 7) is 0.0930. The number of carbonyl (C=O) groups is 1. The van der Waals surface area contributed by atoms with Gasteiger partial charge in [0.1, 0.15) is 6.61 Å². The number of aliphatic hydroxyl groups excluding tert-OH is 2. The highest BCUT2D eigenvalue weighted by Gasteiger charge is 2.51. The average Bonchev–Trinajstić information content (AvgIpc) is 3.14. The molecule has 3 rings (SSSR count). The highest BCUT2D eigenvalue weighted by molar-refractivity contribution is 5.93. The molecule has 5 unspecified atom stereocenters. The Morgan fingerprint density at radius 1 is 1.33 bits per heavy atom. The first-order valence-electron chi connectivity index (χ1n) is 9.33. The lowest BCUT2D eigenvalue weighted by atomic mass is 9.69. The molecular weight excluding hydrogens is 310 g/mol. The van der Waals surface area contributed by atoms with Crippen molar-refractivity contribution in [1.29, 1.82) is 0 Å². The maximum Gasteiger partial charge on any atom is 0.306 e. The molecule has 0 aromatic rings. The van der Waals surface area contributed by atoms with E-state index >= 15 is 0 Å². The molecule has 0 saturated heterocycles. The van der Waals surface area contributed by atoms with Crippen molar-refractivity contribution < 1.29 is 25.0 Å². The Balaban J connectivity index is 1.43. The summed E-state index contributed by atoms with van der Waals surface area (Å²) in [7, 11) is 0. The number of rotatable bonds is 8. The second-order valence-electron chi connectivity index (χ2n) is 7.69. The fourth-order valence-electron chi connectivity index (χ4n) is 4.82. The molecule has 3 N–H and O–H groups in total. The van der Waals surface area contributed by atoms with Crippen molar-refractivity contribution in [3.8, 4) is 0 Å². The second-order valence-corrected chi connectivity index (χ2v) is 7.69. The van der Waals surface area contributed by atoms with Crippen molar-refractivity contribution >= 4 is 11.7 Å². The van der Waals surface area contributed by atoms with Crippen molar-refractivity contribution in [2.45, 2.75) is 70.0 Å². The van der Waals surface area contributed by atoms with E-state index in [1.807, 2.05) is 0 Å². The van der Waals surface area contributed by atoms with Gasteiger partial charge in [0, 0.05) is 5.92 Å². The van der Waals surface area contributed by atoms with Crippen LogP contribution in [0.1, 0.15) is 57.8 Å². The first kappa shape index (κ1) is 17.7. The first-order valence-corrected chi connectivity index (χ1v) is 9.33. The van der Waals surface area contributed by atoms with Crippen molar-refractivity contribution in [3.63, 3.8) is 0 Å². The maximum atomic E-state index is 10.4.